The van der Waals surface area contributed by atoms with E-state index in [-0.39, 0.29) is 0 Å². The minimum Gasteiger partial charge on any atom is -0.492 e. The van der Waals surface area contributed by atoms with Gasteiger partial charge < -0.3 is 10.5 Å². The van der Waals surface area contributed by atoms with Gasteiger partial charge in [0.25, 0.3) is 0 Å². The highest BCUT2D eigenvalue weighted by molar-refractivity contribution is 5.36. The summed E-state index contributed by atoms with van der Waals surface area (Å²) in [6, 6.07) is 8.90. The van der Waals surface area contributed by atoms with E-state index in [9.17, 15) is 0 Å². The Morgan fingerprint density at radius 2 is 1.74 bits per heavy atom. The van der Waals surface area contributed by atoms with Gasteiger partial charge in [0, 0.05) is 6.54 Å². The van der Waals surface area contributed by atoms with E-state index in [1.54, 1.807) is 5.56 Å². The van der Waals surface area contributed by atoms with Crippen LogP contribution in [0.4, 0.5) is 0 Å². The second-order valence-electron chi connectivity index (χ2n) is 6.86. The first-order valence-electron chi connectivity index (χ1n) is 7.73. The van der Waals surface area contributed by atoms with Crippen LogP contribution < -0.4 is 10.5 Å². The van der Waals surface area contributed by atoms with Gasteiger partial charge in [-0.05, 0) is 73.0 Å². The molecule has 4 aliphatic rings. The third-order valence-corrected chi connectivity index (χ3v) is 5.81. The highest BCUT2D eigenvalue weighted by Crippen LogP contribution is 2.65. The van der Waals surface area contributed by atoms with Crippen molar-refractivity contribution in [3.05, 3.63) is 29.8 Å². The lowest BCUT2D eigenvalue weighted by Crippen LogP contribution is -2.27. The van der Waals surface area contributed by atoms with Crippen LogP contribution in [-0.2, 0) is 5.41 Å². The second kappa shape index (κ2) is 4.24. The molecule has 4 fully saturated rings. The second-order valence-corrected chi connectivity index (χ2v) is 6.86. The van der Waals surface area contributed by atoms with Crippen molar-refractivity contribution in [2.24, 2.45) is 23.5 Å². The number of benzene rings is 1. The number of rotatable bonds is 4. The molecule has 4 saturated carbocycles. The van der Waals surface area contributed by atoms with Crippen LogP contribution in [-0.4, -0.2) is 13.2 Å². The molecule has 102 valence electrons. The Morgan fingerprint density at radius 1 is 1.05 bits per heavy atom. The predicted molar refractivity (Wildman–Crippen MR) is 76.2 cm³/mol. The number of hydrogen-bond acceptors (Lipinski definition) is 2. The van der Waals surface area contributed by atoms with Gasteiger partial charge in [0.2, 0.25) is 0 Å². The van der Waals surface area contributed by atoms with Gasteiger partial charge >= 0.3 is 0 Å². The van der Waals surface area contributed by atoms with Gasteiger partial charge in [0.1, 0.15) is 12.4 Å². The predicted octanol–water partition coefficient (Wildman–Crippen LogP) is 3.10. The monoisotopic (exact) mass is 257 g/mol. The topological polar surface area (TPSA) is 35.2 Å². The Hall–Kier alpha value is -1.02. The summed E-state index contributed by atoms with van der Waals surface area (Å²) in [4.78, 5) is 0. The number of hydrogen-bond donors (Lipinski definition) is 1. The minimum atomic E-state index is 0.528. The van der Waals surface area contributed by atoms with E-state index >= 15 is 0 Å². The molecular weight excluding hydrogens is 234 g/mol. The van der Waals surface area contributed by atoms with Crippen LogP contribution in [0.1, 0.15) is 37.7 Å². The lowest BCUT2D eigenvalue weighted by molar-refractivity contribution is 0.266. The molecule has 0 radical (unpaired) electrons. The molecule has 2 heteroatoms. The van der Waals surface area contributed by atoms with Crippen LogP contribution in [0.3, 0.4) is 0 Å². The molecule has 0 aliphatic heterocycles. The van der Waals surface area contributed by atoms with E-state index in [4.69, 9.17) is 10.5 Å². The van der Waals surface area contributed by atoms with Crippen LogP contribution in [0.25, 0.3) is 0 Å². The van der Waals surface area contributed by atoms with E-state index in [1.807, 2.05) is 0 Å². The van der Waals surface area contributed by atoms with Gasteiger partial charge in [-0.2, -0.15) is 0 Å². The molecule has 4 aliphatic carbocycles. The molecule has 0 aromatic heterocycles. The van der Waals surface area contributed by atoms with E-state index in [1.165, 1.54) is 32.1 Å². The maximum atomic E-state index is 5.59. The standard InChI is InChI=1S/C17H23NO/c18-5-6-19-16-3-1-14(2-4-16)17-10-12-7-13(11-17)9-15(17)8-12/h1-4,12-13,15H,5-11,18H2. The van der Waals surface area contributed by atoms with Crippen molar-refractivity contribution in [1.29, 1.82) is 0 Å². The fourth-order valence-electron chi connectivity index (χ4n) is 5.33. The Kier molecular flexibility index (Phi) is 2.63. The van der Waals surface area contributed by atoms with Crippen LogP contribution in [0.2, 0.25) is 0 Å². The van der Waals surface area contributed by atoms with Crippen molar-refractivity contribution >= 4 is 0 Å². The van der Waals surface area contributed by atoms with Crippen LogP contribution >= 0.6 is 0 Å². The number of nitrogens with two attached hydrogens (primary N) is 1. The summed E-state index contributed by atoms with van der Waals surface area (Å²) >= 11 is 0. The molecule has 1 aromatic carbocycles. The Morgan fingerprint density at radius 3 is 2.37 bits per heavy atom. The minimum absolute atomic E-state index is 0.528. The van der Waals surface area contributed by atoms with E-state index < -0.39 is 0 Å². The summed E-state index contributed by atoms with van der Waals surface area (Å²) in [6.07, 6.45) is 7.37. The highest BCUT2D eigenvalue weighted by Gasteiger charge is 2.58. The summed E-state index contributed by atoms with van der Waals surface area (Å²) in [5.41, 5.74) is 7.57. The smallest absolute Gasteiger partial charge is 0.119 e. The first-order chi connectivity index (χ1) is 9.30. The molecule has 2 unspecified atom stereocenters. The molecule has 0 saturated heterocycles. The van der Waals surface area contributed by atoms with Crippen LogP contribution in [0.5, 0.6) is 5.75 Å². The molecule has 0 heterocycles. The number of ether oxygens (including phenoxy) is 1. The maximum Gasteiger partial charge on any atom is 0.119 e. The van der Waals surface area contributed by atoms with Gasteiger partial charge in [-0.25, -0.2) is 0 Å². The quantitative estimate of drug-likeness (QED) is 0.899. The van der Waals surface area contributed by atoms with Crippen molar-refractivity contribution in [3.8, 4) is 5.75 Å². The molecule has 1 aromatic rings. The Labute approximate surface area is 115 Å². The van der Waals surface area contributed by atoms with Crippen molar-refractivity contribution in [1.82, 2.24) is 0 Å². The van der Waals surface area contributed by atoms with E-state index in [0.29, 0.717) is 18.6 Å². The third kappa shape index (κ3) is 1.73. The largest absolute Gasteiger partial charge is 0.492 e. The fraction of sp³-hybridized carbons (Fsp3) is 0.647. The first kappa shape index (κ1) is 11.8. The van der Waals surface area contributed by atoms with Gasteiger partial charge in [-0.15, -0.1) is 0 Å². The van der Waals surface area contributed by atoms with Crippen molar-refractivity contribution in [2.45, 2.75) is 37.5 Å². The molecular formula is C17H23NO. The van der Waals surface area contributed by atoms with Gasteiger partial charge in [-0.3, -0.25) is 0 Å². The maximum absolute atomic E-state index is 5.59. The zero-order chi connectivity index (χ0) is 12.9. The molecule has 2 N–H and O–H groups in total. The van der Waals surface area contributed by atoms with Crippen molar-refractivity contribution in [3.63, 3.8) is 0 Å². The molecule has 5 rings (SSSR count). The van der Waals surface area contributed by atoms with Gasteiger partial charge in [-0.1, -0.05) is 12.1 Å². The van der Waals surface area contributed by atoms with Crippen molar-refractivity contribution in [2.75, 3.05) is 13.2 Å². The van der Waals surface area contributed by atoms with Crippen LogP contribution in [0.15, 0.2) is 24.3 Å². The summed E-state index contributed by atoms with van der Waals surface area (Å²) in [7, 11) is 0. The van der Waals surface area contributed by atoms with Crippen LogP contribution in [0, 0.1) is 17.8 Å². The molecule has 19 heavy (non-hydrogen) atoms. The van der Waals surface area contributed by atoms with E-state index in [2.05, 4.69) is 24.3 Å². The lowest BCUT2D eigenvalue weighted by atomic mass is 9.71. The lowest BCUT2D eigenvalue weighted by Gasteiger charge is -2.33. The summed E-state index contributed by atoms with van der Waals surface area (Å²) < 4.78 is 5.59. The molecule has 2 nitrogen and oxygen atoms in total. The molecule has 2 atom stereocenters. The van der Waals surface area contributed by atoms with Crippen molar-refractivity contribution < 1.29 is 4.74 Å². The SMILES string of the molecule is NCCOc1ccc(C23CC4CC(CC2C4)C3)cc1. The molecule has 4 bridgehead atoms. The Balaban J connectivity index is 1.59. The highest BCUT2D eigenvalue weighted by atomic mass is 16.5. The summed E-state index contributed by atoms with van der Waals surface area (Å²) in [5.74, 6) is 3.96. The average Bonchev–Trinajstić information content (AvgIpc) is 2.83. The third-order valence-electron chi connectivity index (χ3n) is 5.81. The van der Waals surface area contributed by atoms with E-state index in [0.717, 1.165) is 23.5 Å². The Bertz CT molecular complexity index is 453. The normalized spacial score (nSPS) is 38.9. The summed E-state index contributed by atoms with van der Waals surface area (Å²) in [6.45, 7) is 1.19. The molecule has 0 amide bonds. The zero-order valence-corrected chi connectivity index (χ0v) is 11.5. The fourth-order valence-corrected chi connectivity index (χ4v) is 5.33. The zero-order valence-electron chi connectivity index (χ0n) is 11.5. The molecule has 0 spiro atoms. The average molecular weight is 257 g/mol. The first-order valence-corrected chi connectivity index (χ1v) is 7.73. The summed E-state index contributed by atoms with van der Waals surface area (Å²) in [5, 5.41) is 0. The van der Waals surface area contributed by atoms with Gasteiger partial charge in [0.05, 0.1) is 0 Å². The van der Waals surface area contributed by atoms with Gasteiger partial charge in [0.15, 0.2) is 0 Å².